The number of hydrogen-bond acceptors (Lipinski definition) is 5. The van der Waals surface area contributed by atoms with Crippen molar-refractivity contribution in [2.45, 2.75) is 6.42 Å². The minimum Gasteiger partial charge on any atom is -0.385 e. The fraction of sp³-hybridized carbons (Fsp3) is 0.174. The first kappa shape index (κ1) is 21.4. The van der Waals surface area contributed by atoms with Gasteiger partial charge in [-0.05, 0) is 48.9 Å². The zero-order chi connectivity index (χ0) is 21.8. The van der Waals surface area contributed by atoms with E-state index in [0.29, 0.717) is 34.5 Å². The molecule has 0 radical (unpaired) electrons. The molecule has 8 heteroatoms. The van der Waals surface area contributed by atoms with E-state index in [1.807, 2.05) is 36.5 Å². The maximum atomic E-state index is 13.5. The van der Waals surface area contributed by atoms with Crippen molar-refractivity contribution in [2.75, 3.05) is 20.3 Å². The smallest absolute Gasteiger partial charge is 0.266 e. The van der Waals surface area contributed by atoms with Gasteiger partial charge in [-0.1, -0.05) is 42.2 Å². The number of aromatic nitrogens is 2. The van der Waals surface area contributed by atoms with E-state index in [2.05, 4.69) is 0 Å². The van der Waals surface area contributed by atoms with Gasteiger partial charge in [0, 0.05) is 37.6 Å². The zero-order valence-corrected chi connectivity index (χ0v) is 18.5. The number of methoxy groups -OCH3 is 1. The Hall–Kier alpha value is -2.81. The van der Waals surface area contributed by atoms with E-state index in [1.54, 1.807) is 34.9 Å². The van der Waals surface area contributed by atoms with Crippen molar-refractivity contribution in [3.8, 4) is 16.9 Å². The average molecular weight is 454 g/mol. The lowest BCUT2D eigenvalue weighted by molar-refractivity contribution is -0.122. The number of ether oxygens (including phenoxy) is 1. The van der Waals surface area contributed by atoms with Gasteiger partial charge in [-0.15, -0.1) is 0 Å². The molecule has 1 aliphatic heterocycles. The Morgan fingerprint density at radius 2 is 1.90 bits per heavy atom. The third-order valence-corrected chi connectivity index (χ3v) is 6.15. The van der Waals surface area contributed by atoms with Gasteiger partial charge in [0.15, 0.2) is 0 Å². The molecule has 0 N–H and O–H groups in total. The number of para-hydroxylation sites is 1. The van der Waals surface area contributed by atoms with Crippen LogP contribution < -0.4 is 0 Å². The number of carbonyl (C=O) groups is 1. The van der Waals surface area contributed by atoms with Gasteiger partial charge < -0.3 is 4.74 Å². The Bertz CT molecular complexity index is 1130. The first-order valence-electron chi connectivity index (χ1n) is 9.72. The van der Waals surface area contributed by atoms with E-state index in [9.17, 15) is 9.18 Å². The van der Waals surface area contributed by atoms with Gasteiger partial charge in [0.25, 0.3) is 5.91 Å². The highest BCUT2D eigenvalue weighted by Gasteiger charge is 2.32. The molecule has 5 nitrogen and oxygen atoms in total. The fourth-order valence-electron chi connectivity index (χ4n) is 3.24. The highest BCUT2D eigenvalue weighted by Crippen LogP contribution is 2.35. The molecule has 3 aromatic rings. The lowest BCUT2D eigenvalue weighted by Crippen LogP contribution is -2.29. The summed E-state index contributed by atoms with van der Waals surface area (Å²) < 4.78 is 20.8. The van der Waals surface area contributed by atoms with E-state index in [-0.39, 0.29) is 11.7 Å². The van der Waals surface area contributed by atoms with Crippen LogP contribution in [0.15, 0.2) is 65.7 Å². The van der Waals surface area contributed by atoms with Gasteiger partial charge in [-0.2, -0.15) is 5.10 Å². The third kappa shape index (κ3) is 4.76. The Morgan fingerprint density at radius 3 is 2.61 bits per heavy atom. The third-order valence-electron chi connectivity index (χ3n) is 4.77. The second kappa shape index (κ2) is 9.55. The zero-order valence-electron chi connectivity index (χ0n) is 16.8. The number of hydrogen-bond donors (Lipinski definition) is 0. The van der Waals surface area contributed by atoms with Crippen LogP contribution in [0.25, 0.3) is 23.0 Å². The van der Waals surface area contributed by atoms with E-state index in [0.717, 1.165) is 16.8 Å². The van der Waals surface area contributed by atoms with E-state index < -0.39 is 0 Å². The number of nitrogens with zero attached hydrogens (tertiary/aromatic N) is 3. The van der Waals surface area contributed by atoms with Crippen molar-refractivity contribution in [3.63, 3.8) is 0 Å². The number of rotatable bonds is 7. The maximum absolute atomic E-state index is 13.5. The van der Waals surface area contributed by atoms with Crippen molar-refractivity contribution in [1.82, 2.24) is 14.7 Å². The van der Waals surface area contributed by atoms with E-state index in [1.165, 1.54) is 23.9 Å². The predicted octanol–water partition coefficient (Wildman–Crippen LogP) is 4.92. The summed E-state index contributed by atoms with van der Waals surface area (Å²) in [5.41, 5.74) is 3.07. The van der Waals surface area contributed by atoms with Gasteiger partial charge >= 0.3 is 0 Å². The van der Waals surface area contributed by atoms with Crippen molar-refractivity contribution in [3.05, 3.63) is 77.1 Å². The van der Waals surface area contributed by atoms with Crippen LogP contribution in [-0.4, -0.2) is 45.2 Å². The molecule has 0 atom stereocenters. The number of halogens is 1. The average Bonchev–Trinajstić information content (AvgIpc) is 3.31. The normalized spacial score (nSPS) is 15.3. The van der Waals surface area contributed by atoms with Crippen molar-refractivity contribution in [1.29, 1.82) is 0 Å². The maximum Gasteiger partial charge on any atom is 0.266 e. The van der Waals surface area contributed by atoms with Crippen LogP contribution >= 0.6 is 24.0 Å². The van der Waals surface area contributed by atoms with Gasteiger partial charge in [0.05, 0.1) is 16.3 Å². The SMILES string of the molecule is COCCCN1C(=O)/C(=C/c2cn(-c3ccccc3)nc2-c2ccc(F)cc2)SC1=S. The molecular weight excluding hydrogens is 433 g/mol. The number of carbonyl (C=O) groups excluding carboxylic acids is 1. The highest BCUT2D eigenvalue weighted by molar-refractivity contribution is 8.26. The fourth-order valence-corrected chi connectivity index (χ4v) is 4.54. The molecule has 0 saturated carbocycles. The van der Waals surface area contributed by atoms with Crippen LogP contribution in [0, 0.1) is 5.82 Å². The number of benzene rings is 2. The summed E-state index contributed by atoms with van der Waals surface area (Å²) in [6.07, 6.45) is 4.38. The molecular formula is C23H20FN3O2S2. The quantitative estimate of drug-likeness (QED) is 0.289. The molecule has 1 fully saturated rings. The molecule has 4 rings (SSSR count). The van der Waals surface area contributed by atoms with Crippen LogP contribution in [-0.2, 0) is 9.53 Å². The number of thiocarbonyl (C=S) groups is 1. The number of thioether (sulfide) groups is 1. The van der Waals surface area contributed by atoms with Crippen LogP contribution in [0.4, 0.5) is 4.39 Å². The van der Waals surface area contributed by atoms with Gasteiger partial charge in [-0.3, -0.25) is 9.69 Å². The molecule has 31 heavy (non-hydrogen) atoms. The largest absolute Gasteiger partial charge is 0.385 e. The van der Waals surface area contributed by atoms with Crippen LogP contribution in [0.1, 0.15) is 12.0 Å². The molecule has 0 bridgehead atoms. The van der Waals surface area contributed by atoms with Crippen LogP contribution in [0.5, 0.6) is 0 Å². The van der Waals surface area contributed by atoms with Gasteiger partial charge in [0.2, 0.25) is 0 Å². The summed E-state index contributed by atoms with van der Waals surface area (Å²) in [5, 5.41) is 4.71. The molecule has 0 spiro atoms. The molecule has 0 aliphatic carbocycles. The molecule has 0 unspecified atom stereocenters. The molecule has 1 aliphatic rings. The Morgan fingerprint density at radius 1 is 1.16 bits per heavy atom. The van der Waals surface area contributed by atoms with Crippen LogP contribution in [0.3, 0.4) is 0 Å². The molecule has 1 saturated heterocycles. The van der Waals surface area contributed by atoms with E-state index in [4.69, 9.17) is 22.1 Å². The summed E-state index contributed by atoms with van der Waals surface area (Å²) >= 11 is 6.68. The first-order valence-corrected chi connectivity index (χ1v) is 10.9. The lowest BCUT2D eigenvalue weighted by atomic mass is 10.1. The minimum absolute atomic E-state index is 0.122. The van der Waals surface area contributed by atoms with Crippen molar-refractivity contribution >= 4 is 40.3 Å². The summed E-state index contributed by atoms with van der Waals surface area (Å²) in [6.45, 7) is 1.08. The molecule has 2 heterocycles. The Balaban J connectivity index is 1.71. The predicted molar refractivity (Wildman–Crippen MR) is 125 cm³/mol. The summed E-state index contributed by atoms with van der Waals surface area (Å²) in [4.78, 5) is 15.1. The Labute approximate surface area is 189 Å². The van der Waals surface area contributed by atoms with Crippen LogP contribution in [0.2, 0.25) is 0 Å². The molecule has 1 amide bonds. The second-order valence-electron chi connectivity index (χ2n) is 6.90. The van der Waals surface area contributed by atoms with E-state index >= 15 is 0 Å². The minimum atomic E-state index is -0.315. The number of amides is 1. The lowest BCUT2D eigenvalue weighted by Gasteiger charge is -2.13. The first-order chi connectivity index (χ1) is 15.1. The monoisotopic (exact) mass is 453 g/mol. The molecule has 1 aromatic heterocycles. The van der Waals surface area contributed by atoms with Gasteiger partial charge in [0.1, 0.15) is 10.1 Å². The summed E-state index contributed by atoms with van der Waals surface area (Å²) in [7, 11) is 1.63. The summed E-state index contributed by atoms with van der Waals surface area (Å²) in [5.74, 6) is -0.437. The Kier molecular flexibility index (Phi) is 6.60. The summed E-state index contributed by atoms with van der Waals surface area (Å²) in [6, 6.07) is 15.8. The van der Waals surface area contributed by atoms with Crippen molar-refractivity contribution in [2.24, 2.45) is 0 Å². The molecule has 158 valence electrons. The highest BCUT2D eigenvalue weighted by atomic mass is 32.2. The van der Waals surface area contributed by atoms with Gasteiger partial charge in [-0.25, -0.2) is 9.07 Å². The topological polar surface area (TPSA) is 47.4 Å². The van der Waals surface area contributed by atoms with Crippen molar-refractivity contribution < 1.29 is 13.9 Å². The standard InChI is InChI=1S/C23H20FN3O2S2/c1-29-13-5-12-26-22(28)20(31-23(26)30)14-17-15-27(19-6-3-2-4-7-19)25-21(17)16-8-10-18(24)11-9-16/h2-4,6-11,14-15H,5,12-13H2,1H3/b20-14-. The second-order valence-corrected chi connectivity index (χ2v) is 8.58. The molecule has 2 aromatic carbocycles.